The molecular formula is C9H16N2O2. The van der Waals surface area contributed by atoms with Crippen LogP contribution in [0.4, 0.5) is 0 Å². The molecule has 0 radical (unpaired) electrons. The van der Waals surface area contributed by atoms with Gasteiger partial charge in [0.2, 0.25) is 5.89 Å². The van der Waals surface area contributed by atoms with Gasteiger partial charge >= 0.3 is 0 Å². The minimum atomic E-state index is -0.336. The Labute approximate surface area is 78.0 Å². The van der Waals surface area contributed by atoms with Crippen molar-refractivity contribution in [1.82, 2.24) is 10.3 Å². The SMILES string of the molecule is Cc1nc(CNC[C@H](C)O)oc1C. The molecule has 0 amide bonds. The smallest absolute Gasteiger partial charge is 0.208 e. The van der Waals surface area contributed by atoms with Crippen LogP contribution in [-0.4, -0.2) is 22.7 Å². The molecule has 0 saturated heterocycles. The quantitative estimate of drug-likeness (QED) is 0.725. The van der Waals surface area contributed by atoms with Crippen molar-refractivity contribution in [1.29, 1.82) is 0 Å². The van der Waals surface area contributed by atoms with Gasteiger partial charge < -0.3 is 14.8 Å². The van der Waals surface area contributed by atoms with E-state index in [1.54, 1.807) is 6.92 Å². The fourth-order valence-corrected chi connectivity index (χ4v) is 1.00. The highest BCUT2D eigenvalue weighted by atomic mass is 16.4. The molecule has 0 aliphatic rings. The molecule has 74 valence electrons. The van der Waals surface area contributed by atoms with Crippen molar-refractivity contribution in [3.05, 3.63) is 17.3 Å². The van der Waals surface area contributed by atoms with Crippen LogP contribution >= 0.6 is 0 Å². The topological polar surface area (TPSA) is 58.3 Å². The highest BCUT2D eigenvalue weighted by Gasteiger charge is 2.04. The first-order valence-corrected chi connectivity index (χ1v) is 4.41. The number of aliphatic hydroxyl groups is 1. The molecule has 1 atom stereocenters. The van der Waals surface area contributed by atoms with Crippen LogP contribution in [0.3, 0.4) is 0 Å². The van der Waals surface area contributed by atoms with Crippen LogP contribution < -0.4 is 5.32 Å². The number of nitrogens with one attached hydrogen (secondary N) is 1. The predicted molar refractivity (Wildman–Crippen MR) is 49.4 cm³/mol. The zero-order chi connectivity index (χ0) is 9.84. The number of nitrogens with zero attached hydrogens (tertiary/aromatic N) is 1. The zero-order valence-electron chi connectivity index (χ0n) is 8.29. The van der Waals surface area contributed by atoms with Crippen molar-refractivity contribution in [2.45, 2.75) is 33.4 Å². The Hall–Kier alpha value is -0.870. The Bertz CT molecular complexity index is 249. The molecule has 13 heavy (non-hydrogen) atoms. The Morgan fingerprint density at radius 3 is 2.69 bits per heavy atom. The van der Waals surface area contributed by atoms with Gasteiger partial charge in [0.1, 0.15) is 5.76 Å². The van der Waals surface area contributed by atoms with E-state index in [1.165, 1.54) is 0 Å². The molecule has 1 rings (SSSR count). The van der Waals surface area contributed by atoms with Gasteiger partial charge in [-0.1, -0.05) is 0 Å². The molecule has 1 aromatic rings. The van der Waals surface area contributed by atoms with Crippen molar-refractivity contribution >= 4 is 0 Å². The van der Waals surface area contributed by atoms with E-state index in [1.807, 2.05) is 13.8 Å². The zero-order valence-corrected chi connectivity index (χ0v) is 8.29. The van der Waals surface area contributed by atoms with E-state index >= 15 is 0 Å². The molecule has 4 heteroatoms. The summed E-state index contributed by atoms with van der Waals surface area (Å²) >= 11 is 0. The Kier molecular flexibility index (Phi) is 3.45. The minimum absolute atomic E-state index is 0.336. The lowest BCUT2D eigenvalue weighted by molar-refractivity contribution is 0.189. The maximum absolute atomic E-state index is 8.98. The lowest BCUT2D eigenvalue weighted by atomic mass is 10.4. The fraction of sp³-hybridized carbons (Fsp3) is 0.667. The average molecular weight is 184 g/mol. The summed E-state index contributed by atoms with van der Waals surface area (Å²) in [4.78, 5) is 4.20. The first-order valence-electron chi connectivity index (χ1n) is 4.41. The largest absolute Gasteiger partial charge is 0.444 e. The first kappa shape index (κ1) is 10.2. The maximum Gasteiger partial charge on any atom is 0.208 e. The number of rotatable bonds is 4. The predicted octanol–water partition coefficient (Wildman–Crippen LogP) is 0.762. The summed E-state index contributed by atoms with van der Waals surface area (Å²) in [6.07, 6.45) is -0.336. The lowest BCUT2D eigenvalue weighted by Gasteiger charge is -2.03. The van der Waals surface area contributed by atoms with Gasteiger partial charge in [0.15, 0.2) is 0 Å². The second-order valence-corrected chi connectivity index (χ2v) is 3.23. The average Bonchev–Trinajstić information content (AvgIpc) is 2.30. The van der Waals surface area contributed by atoms with E-state index in [-0.39, 0.29) is 6.10 Å². The summed E-state index contributed by atoms with van der Waals surface area (Å²) in [5.41, 5.74) is 0.925. The minimum Gasteiger partial charge on any atom is -0.444 e. The summed E-state index contributed by atoms with van der Waals surface area (Å²) in [6.45, 7) is 6.66. The van der Waals surface area contributed by atoms with Crippen LogP contribution in [0, 0.1) is 13.8 Å². The standard InChI is InChI=1S/C9H16N2O2/c1-6(12)4-10-5-9-11-7(2)8(3)13-9/h6,10,12H,4-5H2,1-3H3/t6-/m0/s1. The number of oxazole rings is 1. The lowest BCUT2D eigenvalue weighted by Crippen LogP contribution is -2.23. The second-order valence-electron chi connectivity index (χ2n) is 3.23. The van der Waals surface area contributed by atoms with Gasteiger partial charge in [-0.3, -0.25) is 0 Å². The maximum atomic E-state index is 8.98. The van der Waals surface area contributed by atoms with Crippen LogP contribution in [0.25, 0.3) is 0 Å². The molecule has 0 aromatic carbocycles. The number of aromatic nitrogens is 1. The molecule has 4 nitrogen and oxygen atoms in total. The van der Waals surface area contributed by atoms with Crippen molar-refractivity contribution in [2.75, 3.05) is 6.54 Å². The molecular weight excluding hydrogens is 168 g/mol. The molecule has 0 saturated carbocycles. The molecule has 0 aliphatic carbocycles. The summed E-state index contributed by atoms with van der Waals surface area (Å²) < 4.78 is 5.34. The van der Waals surface area contributed by atoms with E-state index in [4.69, 9.17) is 9.52 Å². The number of hydrogen-bond acceptors (Lipinski definition) is 4. The third-order valence-electron chi connectivity index (χ3n) is 1.79. The van der Waals surface area contributed by atoms with Crippen molar-refractivity contribution in [3.63, 3.8) is 0 Å². The van der Waals surface area contributed by atoms with E-state index in [2.05, 4.69) is 10.3 Å². The highest BCUT2D eigenvalue weighted by molar-refractivity contribution is 5.04. The molecule has 0 bridgehead atoms. The van der Waals surface area contributed by atoms with Gasteiger partial charge in [0, 0.05) is 6.54 Å². The summed E-state index contributed by atoms with van der Waals surface area (Å²) in [5, 5.41) is 12.0. The van der Waals surface area contributed by atoms with Gasteiger partial charge in [-0.25, -0.2) is 4.98 Å². The summed E-state index contributed by atoms with van der Waals surface area (Å²) in [5.74, 6) is 1.53. The van der Waals surface area contributed by atoms with Crippen molar-refractivity contribution in [2.24, 2.45) is 0 Å². The van der Waals surface area contributed by atoms with E-state index < -0.39 is 0 Å². The highest BCUT2D eigenvalue weighted by Crippen LogP contribution is 2.07. The van der Waals surface area contributed by atoms with Crippen LogP contribution in [0.2, 0.25) is 0 Å². The molecule has 2 N–H and O–H groups in total. The van der Waals surface area contributed by atoms with Crippen LogP contribution in [0.1, 0.15) is 24.3 Å². The van der Waals surface area contributed by atoms with E-state index in [0.717, 1.165) is 11.5 Å². The van der Waals surface area contributed by atoms with Gasteiger partial charge in [0.05, 0.1) is 18.3 Å². The number of aliphatic hydroxyl groups excluding tert-OH is 1. The number of aryl methyl sites for hydroxylation is 2. The van der Waals surface area contributed by atoms with Crippen molar-refractivity contribution < 1.29 is 9.52 Å². The Balaban J connectivity index is 2.37. The van der Waals surface area contributed by atoms with Crippen LogP contribution in [0.15, 0.2) is 4.42 Å². The normalized spacial score (nSPS) is 13.2. The van der Waals surface area contributed by atoms with Crippen LogP contribution in [-0.2, 0) is 6.54 Å². The fourth-order valence-electron chi connectivity index (χ4n) is 1.00. The molecule has 0 aliphatic heterocycles. The molecule has 1 aromatic heterocycles. The number of hydrogen-bond donors (Lipinski definition) is 2. The summed E-state index contributed by atoms with van der Waals surface area (Å²) in [7, 11) is 0. The van der Waals surface area contributed by atoms with Gasteiger partial charge in [-0.2, -0.15) is 0 Å². The van der Waals surface area contributed by atoms with Crippen LogP contribution in [0.5, 0.6) is 0 Å². The third kappa shape index (κ3) is 3.16. The molecule has 0 spiro atoms. The van der Waals surface area contributed by atoms with Gasteiger partial charge in [0.25, 0.3) is 0 Å². The van der Waals surface area contributed by atoms with Gasteiger partial charge in [-0.05, 0) is 20.8 Å². The monoisotopic (exact) mass is 184 g/mol. The first-order chi connectivity index (χ1) is 6.09. The second kappa shape index (κ2) is 4.39. The van der Waals surface area contributed by atoms with E-state index in [0.29, 0.717) is 19.0 Å². The Morgan fingerprint density at radius 2 is 2.23 bits per heavy atom. The van der Waals surface area contributed by atoms with Crippen molar-refractivity contribution in [3.8, 4) is 0 Å². The molecule has 0 unspecified atom stereocenters. The Morgan fingerprint density at radius 1 is 1.54 bits per heavy atom. The third-order valence-corrected chi connectivity index (χ3v) is 1.79. The molecule has 1 heterocycles. The summed E-state index contributed by atoms with van der Waals surface area (Å²) in [6, 6.07) is 0. The van der Waals surface area contributed by atoms with Gasteiger partial charge in [-0.15, -0.1) is 0 Å². The van der Waals surface area contributed by atoms with E-state index in [9.17, 15) is 0 Å². The molecule has 0 fully saturated rings.